The molecular formula is C22H21NO4. The Morgan fingerprint density at radius 1 is 0.815 bits per heavy atom. The second-order valence-electron chi connectivity index (χ2n) is 5.87. The van der Waals surface area contributed by atoms with E-state index in [1.54, 1.807) is 38.5 Å². The number of benzene rings is 3. The highest BCUT2D eigenvalue weighted by Crippen LogP contribution is 2.32. The Balaban J connectivity index is 1.87. The maximum Gasteiger partial charge on any atom is 0.256 e. The van der Waals surface area contributed by atoms with Crippen LogP contribution in [-0.2, 0) is 0 Å². The molecular weight excluding hydrogens is 342 g/mol. The van der Waals surface area contributed by atoms with Crippen molar-refractivity contribution >= 4 is 11.6 Å². The van der Waals surface area contributed by atoms with E-state index in [2.05, 4.69) is 5.32 Å². The number of hydrogen-bond acceptors (Lipinski definition) is 4. The quantitative estimate of drug-likeness (QED) is 0.665. The smallest absolute Gasteiger partial charge is 0.256 e. The van der Waals surface area contributed by atoms with Gasteiger partial charge >= 0.3 is 0 Å². The summed E-state index contributed by atoms with van der Waals surface area (Å²) in [5, 5.41) is 2.89. The Bertz CT molecular complexity index is 913. The lowest BCUT2D eigenvalue weighted by Crippen LogP contribution is -2.13. The van der Waals surface area contributed by atoms with E-state index in [4.69, 9.17) is 14.2 Å². The van der Waals surface area contributed by atoms with Gasteiger partial charge in [0.05, 0.1) is 19.9 Å². The molecule has 0 bridgehead atoms. The molecule has 0 spiro atoms. The highest BCUT2D eigenvalue weighted by atomic mass is 16.5. The number of anilines is 1. The Morgan fingerprint density at radius 2 is 1.41 bits per heavy atom. The number of para-hydroxylation sites is 3. The van der Waals surface area contributed by atoms with Gasteiger partial charge in [-0.3, -0.25) is 4.79 Å². The van der Waals surface area contributed by atoms with Crippen LogP contribution in [0.3, 0.4) is 0 Å². The number of ether oxygens (including phenoxy) is 3. The molecule has 5 nitrogen and oxygen atoms in total. The van der Waals surface area contributed by atoms with E-state index in [0.29, 0.717) is 34.2 Å². The molecule has 0 saturated carbocycles. The van der Waals surface area contributed by atoms with Crippen molar-refractivity contribution in [3.63, 3.8) is 0 Å². The van der Waals surface area contributed by atoms with E-state index in [0.717, 1.165) is 5.56 Å². The van der Waals surface area contributed by atoms with Crippen LogP contribution in [0.2, 0.25) is 0 Å². The largest absolute Gasteiger partial charge is 0.496 e. The average molecular weight is 363 g/mol. The second-order valence-corrected chi connectivity index (χ2v) is 5.87. The summed E-state index contributed by atoms with van der Waals surface area (Å²) in [6, 6.07) is 20.1. The maximum atomic E-state index is 12.8. The molecule has 3 rings (SSSR count). The predicted octanol–water partition coefficient (Wildman–Crippen LogP) is 5.06. The number of nitrogens with one attached hydrogen (secondary N) is 1. The zero-order valence-electron chi connectivity index (χ0n) is 15.5. The lowest BCUT2D eigenvalue weighted by molar-refractivity contribution is 0.102. The van der Waals surface area contributed by atoms with Gasteiger partial charge in [-0.2, -0.15) is 0 Å². The van der Waals surface area contributed by atoms with E-state index in [9.17, 15) is 4.79 Å². The van der Waals surface area contributed by atoms with Gasteiger partial charge in [0.25, 0.3) is 5.91 Å². The number of rotatable bonds is 6. The van der Waals surface area contributed by atoms with Crippen LogP contribution in [0, 0.1) is 6.92 Å². The van der Waals surface area contributed by atoms with Gasteiger partial charge in [0.2, 0.25) is 0 Å². The zero-order chi connectivity index (χ0) is 19.2. The van der Waals surface area contributed by atoms with Crippen LogP contribution in [0.25, 0.3) is 0 Å². The normalized spacial score (nSPS) is 10.2. The van der Waals surface area contributed by atoms with Crippen molar-refractivity contribution in [3.05, 3.63) is 77.9 Å². The molecule has 0 aliphatic rings. The molecule has 27 heavy (non-hydrogen) atoms. The molecule has 1 N–H and O–H groups in total. The Hall–Kier alpha value is -3.47. The first kappa shape index (κ1) is 18.3. The first-order valence-corrected chi connectivity index (χ1v) is 8.48. The highest BCUT2D eigenvalue weighted by molar-refractivity contribution is 6.05. The third kappa shape index (κ3) is 4.20. The van der Waals surface area contributed by atoms with E-state index in [1.807, 2.05) is 49.4 Å². The standard InChI is InChI=1S/C22H21NO4/c1-15-20(25-2)13-16(14-21(15)26-3)22(24)23-18-11-7-8-12-19(18)27-17-9-5-4-6-10-17/h4-14H,1-3H3,(H,23,24). The summed E-state index contributed by atoms with van der Waals surface area (Å²) >= 11 is 0. The van der Waals surface area contributed by atoms with Crippen LogP contribution in [0.4, 0.5) is 5.69 Å². The molecule has 1 amide bonds. The minimum atomic E-state index is -0.282. The summed E-state index contributed by atoms with van der Waals surface area (Å²) in [6.45, 7) is 1.88. The second kappa shape index (κ2) is 8.27. The van der Waals surface area contributed by atoms with E-state index in [1.165, 1.54) is 0 Å². The van der Waals surface area contributed by atoms with Crippen molar-refractivity contribution in [3.8, 4) is 23.0 Å². The summed E-state index contributed by atoms with van der Waals surface area (Å²) in [6.07, 6.45) is 0. The number of carbonyl (C=O) groups is 1. The fraction of sp³-hybridized carbons (Fsp3) is 0.136. The minimum absolute atomic E-state index is 0.282. The van der Waals surface area contributed by atoms with E-state index >= 15 is 0 Å². The van der Waals surface area contributed by atoms with Crippen LogP contribution in [0.5, 0.6) is 23.0 Å². The molecule has 0 unspecified atom stereocenters. The Kier molecular flexibility index (Phi) is 5.61. The lowest BCUT2D eigenvalue weighted by atomic mass is 10.1. The van der Waals surface area contributed by atoms with E-state index < -0.39 is 0 Å². The summed E-state index contributed by atoms with van der Waals surface area (Å²) in [5.74, 6) is 2.15. The van der Waals surface area contributed by atoms with Crippen molar-refractivity contribution in [1.29, 1.82) is 0 Å². The molecule has 5 heteroatoms. The SMILES string of the molecule is COc1cc(C(=O)Nc2ccccc2Oc2ccccc2)cc(OC)c1C. The van der Waals surface area contributed by atoms with Gasteiger partial charge in [0.1, 0.15) is 17.2 Å². The minimum Gasteiger partial charge on any atom is -0.496 e. The van der Waals surface area contributed by atoms with Gasteiger partial charge < -0.3 is 19.5 Å². The predicted molar refractivity (Wildman–Crippen MR) is 105 cm³/mol. The third-order valence-electron chi connectivity index (χ3n) is 4.12. The van der Waals surface area contributed by atoms with Crippen LogP contribution >= 0.6 is 0 Å². The lowest BCUT2D eigenvalue weighted by Gasteiger charge is -2.14. The van der Waals surface area contributed by atoms with Gasteiger partial charge in [-0.1, -0.05) is 30.3 Å². The van der Waals surface area contributed by atoms with Crippen LogP contribution in [0.15, 0.2) is 66.7 Å². The van der Waals surface area contributed by atoms with Gasteiger partial charge in [-0.05, 0) is 43.3 Å². The fourth-order valence-corrected chi connectivity index (χ4v) is 2.69. The Labute approximate surface area is 158 Å². The van der Waals surface area contributed by atoms with Crippen molar-refractivity contribution in [2.75, 3.05) is 19.5 Å². The van der Waals surface area contributed by atoms with Gasteiger partial charge in [0.15, 0.2) is 5.75 Å². The molecule has 3 aromatic rings. The maximum absolute atomic E-state index is 12.8. The number of carbonyl (C=O) groups excluding carboxylic acids is 1. The van der Waals surface area contributed by atoms with Crippen LogP contribution in [-0.4, -0.2) is 20.1 Å². The summed E-state index contributed by atoms with van der Waals surface area (Å²) in [4.78, 5) is 12.8. The molecule has 0 heterocycles. The van der Waals surface area contributed by atoms with Crippen molar-refractivity contribution < 1.29 is 19.0 Å². The topological polar surface area (TPSA) is 56.8 Å². The van der Waals surface area contributed by atoms with Crippen molar-refractivity contribution in [2.24, 2.45) is 0 Å². The average Bonchev–Trinajstić information content (AvgIpc) is 2.70. The fourth-order valence-electron chi connectivity index (χ4n) is 2.69. The van der Waals surface area contributed by atoms with Crippen molar-refractivity contribution in [2.45, 2.75) is 6.92 Å². The molecule has 0 fully saturated rings. The number of hydrogen-bond donors (Lipinski definition) is 1. The van der Waals surface area contributed by atoms with E-state index in [-0.39, 0.29) is 5.91 Å². The highest BCUT2D eigenvalue weighted by Gasteiger charge is 2.15. The van der Waals surface area contributed by atoms with Gasteiger partial charge in [0, 0.05) is 11.1 Å². The number of methoxy groups -OCH3 is 2. The van der Waals surface area contributed by atoms with Crippen molar-refractivity contribution in [1.82, 2.24) is 0 Å². The first-order chi connectivity index (χ1) is 13.1. The molecule has 0 atom stereocenters. The Morgan fingerprint density at radius 3 is 2.04 bits per heavy atom. The summed E-state index contributed by atoms with van der Waals surface area (Å²) < 4.78 is 16.6. The first-order valence-electron chi connectivity index (χ1n) is 8.48. The molecule has 0 radical (unpaired) electrons. The molecule has 138 valence electrons. The monoisotopic (exact) mass is 363 g/mol. The summed E-state index contributed by atoms with van der Waals surface area (Å²) in [5.41, 5.74) is 1.85. The molecule has 3 aromatic carbocycles. The third-order valence-corrected chi connectivity index (χ3v) is 4.12. The molecule has 0 aromatic heterocycles. The van der Waals surface area contributed by atoms with Crippen LogP contribution in [0.1, 0.15) is 15.9 Å². The summed E-state index contributed by atoms with van der Waals surface area (Å²) in [7, 11) is 3.12. The van der Waals surface area contributed by atoms with Gasteiger partial charge in [-0.25, -0.2) is 0 Å². The molecule has 0 saturated heterocycles. The van der Waals surface area contributed by atoms with Gasteiger partial charge in [-0.15, -0.1) is 0 Å². The molecule has 0 aliphatic carbocycles. The molecule has 0 aliphatic heterocycles. The number of amides is 1. The van der Waals surface area contributed by atoms with Crippen LogP contribution < -0.4 is 19.5 Å². The zero-order valence-corrected chi connectivity index (χ0v) is 15.5.